The standard InChI is InChI=1S/C77H49N7/c1-77(2)65-30-16-12-26-55(65)61-44-64-63-43-54(81-67-31-17-13-27-56(67)57-28-14-18-32-68(57)81)35-38-70(63)83(74(64)45-66(61)77)72-40-49(47-79)73(41-48(72)46-78)84-71-39-34-53(80(50-20-6-3-7-21-50)51-22-8-4-9-23-51)42-62(71)60-37-36-59-58-29-15-19-33-69(58)82(75(59)76(60)84)52-24-10-5-11-25-52/h3-45H,1-2H3. The van der Waals surface area contributed by atoms with Crippen LogP contribution in [0.1, 0.15) is 36.1 Å². The van der Waals surface area contributed by atoms with Crippen molar-refractivity contribution in [2.45, 2.75) is 19.3 Å². The summed E-state index contributed by atoms with van der Waals surface area (Å²) < 4.78 is 9.23. The van der Waals surface area contributed by atoms with Gasteiger partial charge < -0.3 is 23.2 Å². The molecule has 16 aromatic rings. The lowest BCUT2D eigenvalue weighted by molar-refractivity contribution is 0.661. The van der Waals surface area contributed by atoms with Crippen LogP contribution in [0.2, 0.25) is 0 Å². The zero-order valence-corrected chi connectivity index (χ0v) is 46.0. The monoisotopic (exact) mass is 1070 g/mol. The molecule has 1 aliphatic rings. The summed E-state index contributed by atoms with van der Waals surface area (Å²) >= 11 is 0. The van der Waals surface area contributed by atoms with E-state index in [-0.39, 0.29) is 5.41 Å². The number of hydrogen-bond donors (Lipinski definition) is 0. The molecule has 0 unspecified atom stereocenters. The van der Waals surface area contributed by atoms with Gasteiger partial charge in [-0.25, -0.2) is 0 Å². The minimum absolute atomic E-state index is 0.293. The molecule has 392 valence electrons. The first kappa shape index (κ1) is 47.4. The van der Waals surface area contributed by atoms with Crippen LogP contribution in [0.25, 0.3) is 121 Å². The molecule has 0 radical (unpaired) electrons. The number of para-hydroxylation sites is 6. The summed E-state index contributed by atoms with van der Waals surface area (Å²) in [5.74, 6) is 0. The van der Waals surface area contributed by atoms with Gasteiger partial charge in [-0.1, -0.05) is 159 Å². The molecular formula is C77H49N7. The second-order valence-corrected chi connectivity index (χ2v) is 22.7. The molecule has 0 fully saturated rings. The molecule has 7 heteroatoms. The second-order valence-electron chi connectivity index (χ2n) is 22.7. The summed E-state index contributed by atoms with van der Waals surface area (Å²) in [6, 6.07) is 98.0. The molecule has 84 heavy (non-hydrogen) atoms. The smallest absolute Gasteiger partial charge is 0.101 e. The summed E-state index contributed by atoms with van der Waals surface area (Å²) in [6.07, 6.45) is 0. The van der Waals surface area contributed by atoms with E-state index in [1.165, 1.54) is 33.0 Å². The molecule has 12 aromatic carbocycles. The number of nitriles is 2. The Morgan fingerprint density at radius 1 is 0.310 bits per heavy atom. The van der Waals surface area contributed by atoms with Gasteiger partial charge >= 0.3 is 0 Å². The van der Waals surface area contributed by atoms with Crippen molar-refractivity contribution in [1.29, 1.82) is 10.5 Å². The number of nitrogens with zero attached hydrogens (tertiary/aromatic N) is 7. The fourth-order valence-electron chi connectivity index (χ4n) is 14.3. The van der Waals surface area contributed by atoms with E-state index < -0.39 is 0 Å². The van der Waals surface area contributed by atoms with Crippen LogP contribution in [0.5, 0.6) is 0 Å². The minimum Gasteiger partial charge on any atom is -0.310 e. The quantitative estimate of drug-likeness (QED) is 0.160. The average Bonchev–Trinajstić information content (AvgIpc) is 1.82. The van der Waals surface area contributed by atoms with Crippen molar-refractivity contribution in [3.05, 3.63) is 283 Å². The molecule has 0 saturated carbocycles. The van der Waals surface area contributed by atoms with Gasteiger partial charge in [-0.05, 0) is 138 Å². The highest BCUT2D eigenvalue weighted by Crippen LogP contribution is 2.52. The first-order valence-electron chi connectivity index (χ1n) is 28.5. The van der Waals surface area contributed by atoms with Gasteiger partial charge in [0.25, 0.3) is 0 Å². The van der Waals surface area contributed by atoms with E-state index in [0.717, 1.165) is 105 Å². The third kappa shape index (κ3) is 6.61. The van der Waals surface area contributed by atoms with E-state index in [2.05, 4.69) is 286 Å². The van der Waals surface area contributed by atoms with Crippen molar-refractivity contribution < 1.29 is 0 Å². The Morgan fingerprint density at radius 2 is 0.786 bits per heavy atom. The van der Waals surface area contributed by atoms with Crippen molar-refractivity contribution >= 4 is 104 Å². The number of benzene rings is 12. The summed E-state index contributed by atoms with van der Waals surface area (Å²) in [6.45, 7) is 4.62. The van der Waals surface area contributed by atoms with E-state index in [1.54, 1.807) is 0 Å². The van der Waals surface area contributed by atoms with Crippen LogP contribution >= 0.6 is 0 Å². The summed E-state index contributed by atoms with van der Waals surface area (Å²) in [7, 11) is 0. The largest absolute Gasteiger partial charge is 0.310 e. The van der Waals surface area contributed by atoms with Crippen molar-refractivity contribution in [2.75, 3.05) is 4.90 Å². The Kier molecular flexibility index (Phi) is 10.1. The topological polar surface area (TPSA) is 70.5 Å². The maximum Gasteiger partial charge on any atom is 0.101 e. The van der Waals surface area contributed by atoms with E-state index >= 15 is 0 Å². The molecule has 0 atom stereocenters. The van der Waals surface area contributed by atoms with E-state index in [4.69, 9.17) is 0 Å². The molecule has 0 bridgehead atoms. The molecule has 4 aromatic heterocycles. The molecule has 17 rings (SSSR count). The zero-order valence-electron chi connectivity index (χ0n) is 46.0. The summed E-state index contributed by atoms with van der Waals surface area (Å²) in [5, 5.41) is 32.4. The van der Waals surface area contributed by atoms with Crippen LogP contribution < -0.4 is 4.90 Å². The van der Waals surface area contributed by atoms with Crippen LogP contribution in [0.3, 0.4) is 0 Å². The van der Waals surface area contributed by atoms with E-state index in [1.807, 2.05) is 24.3 Å². The van der Waals surface area contributed by atoms with Gasteiger partial charge in [-0.3, -0.25) is 0 Å². The molecule has 0 aliphatic heterocycles. The van der Waals surface area contributed by atoms with Gasteiger partial charge in [-0.2, -0.15) is 10.5 Å². The first-order chi connectivity index (χ1) is 41.4. The lowest BCUT2D eigenvalue weighted by Gasteiger charge is -2.25. The molecule has 0 spiro atoms. The number of fused-ring (bicyclic) bond motifs is 16. The Morgan fingerprint density at radius 3 is 1.43 bits per heavy atom. The van der Waals surface area contributed by atoms with Crippen molar-refractivity contribution in [3.8, 4) is 46.0 Å². The molecule has 0 amide bonds. The maximum absolute atomic E-state index is 11.8. The number of aromatic nitrogens is 4. The molecule has 1 aliphatic carbocycles. The molecule has 0 saturated heterocycles. The fourth-order valence-corrected chi connectivity index (χ4v) is 14.3. The van der Waals surface area contributed by atoms with Crippen LogP contribution in [-0.2, 0) is 5.41 Å². The highest BCUT2D eigenvalue weighted by Gasteiger charge is 2.37. The van der Waals surface area contributed by atoms with Gasteiger partial charge in [-0.15, -0.1) is 0 Å². The average molecular weight is 1070 g/mol. The van der Waals surface area contributed by atoms with Crippen LogP contribution in [-0.4, -0.2) is 18.3 Å². The molecule has 4 heterocycles. The van der Waals surface area contributed by atoms with Crippen molar-refractivity contribution in [3.63, 3.8) is 0 Å². The predicted octanol–water partition coefficient (Wildman–Crippen LogP) is 19.6. The third-order valence-electron chi connectivity index (χ3n) is 18.0. The van der Waals surface area contributed by atoms with Gasteiger partial charge in [0.15, 0.2) is 0 Å². The van der Waals surface area contributed by atoms with Gasteiger partial charge in [0, 0.05) is 76.9 Å². The predicted molar refractivity (Wildman–Crippen MR) is 345 cm³/mol. The van der Waals surface area contributed by atoms with Crippen LogP contribution in [0.15, 0.2) is 261 Å². The fraction of sp³-hybridized carbons (Fsp3) is 0.0390. The number of anilines is 3. The molecule has 0 N–H and O–H groups in total. The Bertz CT molecular complexity index is 5450. The zero-order chi connectivity index (χ0) is 55.9. The van der Waals surface area contributed by atoms with Crippen LogP contribution in [0.4, 0.5) is 17.1 Å². The van der Waals surface area contributed by atoms with Gasteiger partial charge in [0.05, 0.1) is 66.6 Å². The number of hydrogen-bond acceptors (Lipinski definition) is 3. The first-order valence-corrected chi connectivity index (χ1v) is 28.5. The number of rotatable bonds is 7. The summed E-state index contributed by atoms with van der Waals surface area (Å²) in [5.41, 5.74) is 20.0. The van der Waals surface area contributed by atoms with Crippen LogP contribution in [0, 0.1) is 22.7 Å². The minimum atomic E-state index is -0.293. The highest BCUT2D eigenvalue weighted by atomic mass is 15.1. The third-order valence-corrected chi connectivity index (χ3v) is 18.0. The molecule has 7 nitrogen and oxygen atoms in total. The lowest BCUT2D eigenvalue weighted by Crippen LogP contribution is -2.15. The van der Waals surface area contributed by atoms with Crippen molar-refractivity contribution in [2.24, 2.45) is 0 Å². The highest BCUT2D eigenvalue weighted by molar-refractivity contribution is 6.24. The van der Waals surface area contributed by atoms with Gasteiger partial charge in [0.2, 0.25) is 0 Å². The SMILES string of the molecule is CC1(C)c2ccccc2-c2cc3c4cc(-n5c6ccccc6c6ccccc65)ccc4n(-c4cc(C#N)c(-n5c6ccc(N(c7ccccc7)c7ccccc7)cc6c6ccc7c8ccccc8n(-c8ccccc8)c7c65)cc4C#N)c3cc21. The lowest BCUT2D eigenvalue weighted by atomic mass is 9.82. The van der Waals surface area contributed by atoms with E-state index in [9.17, 15) is 10.5 Å². The Labute approximate surface area is 483 Å². The Balaban J connectivity index is 0.962. The Hall–Kier alpha value is -11.4. The normalized spacial score (nSPS) is 12.7. The maximum atomic E-state index is 11.8. The molecular weight excluding hydrogens is 1020 g/mol. The second kappa shape index (κ2) is 17.8. The van der Waals surface area contributed by atoms with E-state index in [0.29, 0.717) is 22.5 Å². The summed E-state index contributed by atoms with van der Waals surface area (Å²) in [4.78, 5) is 2.29. The van der Waals surface area contributed by atoms with Crippen molar-refractivity contribution in [1.82, 2.24) is 18.3 Å². The van der Waals surface area contributed by atoms with Gasteiger partial charge in [0.1, 0.15) is 12.1 Å².